The highest BCUT2D eigenvalue weighted by atomic mass is 16.7. The van der Waals surface area contributed by atoms with E-state index in [-0.39, 0.29) is 5.91 Å². The first-order valence-corrected chi connectivity index (χ1v) is 9.46. The highest BCUT2D eigenvalue weighted by molar-refractivity contribution is 5.95. The lowest BCUT2D eigenvalue weighted by molar-refractivity contribution is -0.185. The number of likely N-dealkylation sites (tertiary alicyclic amines) is 1. The molecule has 3 saturated heterocycles. The number of hydrogen-bond donors (Lipinski definition) is 1. The number of amides is 1. The minimum absolute atomic E-state index is 0.0231. The second-order valence-corrected chi connectivity index (χ2v) is 7.05. The number of carbonyl (C=O) groups is 1. The van der Waals surface area contributed by atoms with E-state index in [1.165, 1.54) is 0 Å². The summed E-state index contributed by atoms with van der Waals surface area (Å²) in [6.45, 7) is 6.54. The molecule has 0 aromatic heterocycles. The van der Waals surface area contributed by atoms with Crippen molar-refractivity contribution in [1.29, 1.82) is 0 Å². The van der Waals surface area contributed by atoms with Gasteiger partial charge in [0.2, 0.25) is 5.91 Å². The first-order chi connectivity index (χ1) is 12.7. The van der Waals surface area contributed by atoms with Gasteiger partial charge in [0.25, 0.3) is 0 Å². The Kier molecular flexibility index (Phi) is 5.40. The number of hydrogen-bond acceptors (Lipinski definition) is 6. The molecule has 1 aromatic carbocycles. The van der Waals surface area contributed by atoms with Crippen LogP contribution in [-0.4, -0.2) is 75.7 Å². The molecule has 0 atom stereocenters. The molecule has 3 aliphatic heterocycles. The molecule has 1 N–H and O–H groups in total. The highest BCUT2D eigenvalue weighted by Gasteiger charge is 2.39. The summed E-state index contributed by atoms with van der Waals surface area (Å²) in [6.07, 6.45) is 1.65. The third kappa shape index (κ3) is 4.01. The van der Waals surface area contributed by atoms with Crippen LogP contribution in [0.1, 0.15) is 12.8 Å². The maximum Gasteiger partial charge on any atom is 0.238 e. The van der Waals surface area contributed by atoms with Crippen LogP contribution in [0.4, 0.5) is 11.4 Å². The van der Waals surface area contributed by atoms with E-state index in [2.05, 4.69) is 21.2 Å². The number of carbonyl (C=O) groups excluding carboxylic acids is 1. The molecule has 1 aromatic rings. The Labute approximate surface area is 154 Å². The van der Waals surface area contributed by atoms with Crippen LogP contribution in [0.3, 0.4) is 0 Å². The van der Waals surface area contributed by atoms with E-state index in [1.807, 2.05) is 18.2 Å². The molecule has 0 aliphatic carbocycles. The summed E-state index contributed by atoms with van der Waals surface area (Å²) in [5.74, 6) is -0.370. The molecule has 3 fully saturated rings. The Morgan fingerprint density at radius 3 is 2.42 bits per heavy atom. The van der Waals surface area contributed by atoms with Gasteiger partial charge in [0.15, 0.2) is 5.79 Å². The lowest BCUT2D eigenvalue weighted by Gasteiger charge is -2.37. The number of benzene rings is 1. The number of para-hydroxylation sites is 2. The number of morpholine rings is 1. The maximum atomic E-state index is 12.6. The van der Waals surface area contributed by atoms with E-state index in [4.69, 9.17) is 14.2 Å². The summed E-state index contributed by atoms with van der Waals surface area (Å²) in [4.78, 5) is 17.0. The number of rotatable bonds is 4. The summed E-state index contributed by atoms with van der Waals surface area (Å²) in [6, 6.07) is 7.99. The van der Waals surface area contributed by atoms with Gasteiger partial charge in [-0.1, -0.05) is 12.1 Å². The van der Waals surface area contributed by atoms with Crippen LogP contribution in [0.25, 0.3) is 0 Å². The maximum absolute atomic E-state index is 12.6. The average Bonchev–Trinajstić information content (AvgIpc) is 3.13. The molecule has 7 nitrogen and oxygen atoms in total. The van der Waals surface area contributed by atoms with Gasteiger partial charge < -0.3 is 24.4 Å². The molecule has 0 bridgehead atoms. The van der Waals surface area contributed by atoms with Crippen molar-refractivity contribution in [3.8, 4) is 0 Å². The summed E-state index contributed by atoms with van der Waals surface area (Å²) >= 11 is 0. The Bertz CT molecular complexity index is 617. The predicted molar refractivity (Wildman–Crippen MR) is 98.4 cm³/mol. The fraction of sp³-hybridized carbons (Fsp3) is 0.632. The van der Waals surface area contributed by atoms with Crippen LogP contribution in [0.2, 0.25) is 0 Å². The number of ether oxygens (including phenoxy) is 3. The zero-order valence-electron chi connectivity index (χ0n) is 15.1. The lowest BCUT2D eigenvalue weighted by Crippen LogP contribution is -2.47. The highest BCUT2D eigenvalue weighted by Crippen LogP contribution is 2.31. The van der Waals surface area contributed by atoms with Gasteiger partial charge in [-0.05, 0) is 12.1 Å². The summed E-state index contributed by atoms with van der Waals surface area (Å²) in [7, 11) is 0. The van der Waals surface area contributed by atoms with E-state index in [0.29, 0.717) is 19.8 Å². The monoisotopic (exact) mass is 361 g/mol. The number of anilines is 2. The molecule has 0 unspecified atom stereocenters. The molecule has 0 radical (unpaired) electrons. The van der Waals surface area contributed by atoms with Gasteiger partial charge >= 0.3 is 0 Å². The van der Waals surface area contributed by atoms with E-state index in [1.54, 1.807) is 0 Å². The topological polar surface area (TPSA) is 63.3 Å². The van der Waals surface area contributed by atoms with E-state index in [0.717, 1.165) is 63.6 Å². The molecular formula is C19H27N3O4. The van der Waals surface area contributed by atoms with Gasteiger partial charge in [0, 0.05) is 39.0 Å². The Morgan fingerprint density at radius 1 is 1.00 bits per heavy atom. The SMILES string of the molecule is O=C(CN1CCC2(CC1)OCCO2)Nc1ccccc1N1CCOCC1. The molecule has 7 heteroatoms. The molecule has 4 rings (SSSR count). The van der Waals surface area contributed by atoms with Crippen molar-refractivity contribution in [3.63, 3.8) is 0 Å². The lowest BCUT2D eigenvalue weighted by atomic mass is 10.0. The van der Waals surface area contributed by atoms with Crippen LogP contribution in [0.5, 0.6) is 0 Å². The Morgan fingerprint density at radius 2 is 1.69 bits per heavy atom. The molecule has 3 aliphatic rings. The fourth-order valence-electron chi connectivity index (χ4n) is 3.89. The molecule has 26 heavy (non-hydrogen) atoms. The number of nitrogens with one attached hydrogen (secondary N) is 1. The van der Waals surface area contributed by atoms with Crippen LogP contribution < -0.4 is 10.2 Å². The van der Waals surface area contributed by atoms with Crippen molar-refractivity contribution in [3.05, 3.63) is 24.3 Å². The van der Waals surface area contributed by atoms with Crippen LogP contribution in [0.15, 0.2) is 24.3 Å². The zero-order chi connectivity index (χ0) is 17.8. The molecule has 1 spiro atoms. The quantitative estimate of drug-likeness (QED) is 0.872. The summed E-state index contributed by atoms with van der Waals surface area (Å²) < 4.78 is 16.9. The smallest absolute Gasteiger partial charge is 0.238 e. The van der Waals surface area contributed by atoms with Gasteiger partial charge in [-0.3, -0.25) is 9.69 Å². The minimum Gasteiger partial charge on any atom is -0.378 e. The van der Waals surface area contributed by atoms with Crippen molar-refractivity contribution in [2.75, 3.05) is 69.4 Å². The minimum atomic E-state index is -0.393. The molecular weight excluding hydrogens is 334 g/mol. The van der Waals surface area contributed by atoms with E-state index < -0.39 is 5.79 Å². The molecule has 1 amide bonds. The number of nitrogens with zero attached hydrogens (tertiary/aromatic N) is 2. The second kappa shape index (κ2) is 7.92. The molecule has 142 valence electrons. The summed E-state index contributed by atoms with van der Waals surface area (Å²) in [5.41, 5.74) is 1.94. The molecule has 3 heterocycles. The van der Waals surface area contributed by atoms with Crippen molar-refractivity contribution < 1.29 is 19.0 Å². The predicted octanol–water partition coefficient (Wildman–Crippen LogP) is 1.30. The molecule has 0 saturated carbocycles. The van der Waals surface area contributed by atoms with Crippen molar-refractivity contribution in [2.45, 2.75) is 18.6 Å². The van der Waals surface area contributed by atoms with Crippen molar-refractivity contribution in [2.24, 2.45) is 0 Å². The second-order valence-electron chi connectivity index (χ2n) is 7.05. The average molecular weight is 361 g/mol. The largest absolute Gasteiger partial charge is 0.378 e. The van der Waals surface area contributed by atoms with Gasteiger partial charge in [0.05, 0.1) is 44.3 Å². The van der Waals surface area contributed by atoms with Gasteiger partial charge in [-0.15, -0.1) is 0 Å². The third-order valence-corrected chi connectivity index (χ3v) is 5.33. The fourth-order valence-corrected chi connectivity index (χ4v) is 3.89. The zero-order valence-corrected chi connectivity index (χ0v) is 15.1. The Balaban J connectivity index is 1.32. The standard InChI is InChI=1S/C19H27N3O4/c23-18(15-21-7-5-19(6-8-21)25-13-14-26-19)20-16-3-1-2-4-17(16)22-9-11-24-12-10-22/h1-4H,5-15H2,(H,20,23). The van der Waals surface area contributed by atoms with Crippen LogP contribution >= 0.6 is 0 Å². The van der Waals surface area contributed by atoms with Crippen LogP contribution in [-0.2, 0) is 19.0 Å². The third-order valence-electron chi connectivity index (χ3n) is 5.33. The van der Waals surface area contributed by atoms with Crippen molar-refractivity contribution >= 4 is 17.3 Å². The van der Waals surface area contributed by atoms with Crippen LogP contribution in [0, 0.1) is 0 Å². The Hall–Kier alpha value is -1.67. The van der Waals surface area contributed by atoms with E-state index in [9.17, 15) is 4.79 Å². The normalized spacial score (nSPS) is 23.3. The van der Waals surface area contributed by atoms with Crippen molar-refractivity contribution in [1.82, 2.24) is 4.90 Å². The van der Waals surface area contributed by atoms with Gasteiger partial charge in [0.1, 0.15) is 0 Å². The number of piperidine rings is 1. The first-order valence-electron chi connectivity index (χ1n) is 9.46. The van der Waals surface area contributed by atoms with Gasteiger partial charge in [-0.25, -0.2) is 0 Å². The van der Waals surface area contributed by atoms with Gasteiger partial charge in [-0.2, -0.15) is 0 Å². The van der Waals surface area contributed by atoms with E-state index >= 15 is 0 Å². The summed E-state index contributed by atoms with van der Waals surface area (Å²) in [5, 5.41) is 3.09. The first kappa shape index (κ1) is 17.7.